The lowest BCUT2D eigenvalue weighted by molar-refractivity contribution is 0.102. The minimum atomic E-state index is -0.393. The van der Waals surface area contributed by atoms with Crippen molar-refractivity contribution in [2.75, 3.05) is 5.32 Å². The second kappa shape index (κ2) is 7.19. The van der Waals surface area contributed by atoms with Crippen molar-refractivity contribution in [2.45, 2.75) is 6.92 Å². The molecule has 1 amide bonds. The number of aromatic nitrogens is 2. The SMILES string of the molecule is Cc1nc(C(=O)Nc2nc(-c3ccc(Cl)cc3Cl)cs2)ccc1C#N. The van der Waals surface area contributed by atoms with Gasteiger partial charge in [-0.15, -0.1) is 11.3 Å². The van der Waals surface area contributed by atoms with Gasteiger partial charge in [0.2, 0.25) is 0 Å². The third-order valence-electron chi connectivity index (χ3n) is 3.37. The van der Waals surface area contributed by atoms with E-state index in [2.05, 4.69) is 15.3 Å². The summed E-state index contributed by atoms with van der Waals surface area (Å²) in [7, 11) is 0. The highest BCUT2D eigenvalue weighted by Crippen LogP contribution is 2.32. The summed E-state index contributed by atoms with van der Waals surface area (Å²) < 4.78 is 0. The van der Waals surface area contributed by atoms with Crippen molar-refractivity contribution < 1.29 is 4.79 Å². The Hall–Kier alpha value is -2.46. The zero-order valence-corrected chi connectivity index (χ0v) is 15.2. The fourth-order valence-electron chi connectivity index (χ4n) is 2.12. The number of carbonyl (C=O) groups excluding carboxylic acids is 1. The van der Waals surface area contributed by atoms with E-state index in [1.165, 1.54) is 17.4 Å². The van der Waals surface area contributed by atoms with Crippen LogP contribution in [0, 0.1) is 18.3 Å². The molecule has 0 fully saturated rings. The van der Waals surface area contributed by atoms with Crippen LogP contribution in [0.1, 0.15) is 21.7 Å². The molecule has 3 aromatic rings. The topological polar surface area (TPSA) is 78.7 Å². The van der Waals surface area contributed by atoms with Gasteiger partial charge in [-0.25, -0.2) is 9.97 Å². The quantitative estimate of drug-likeness (QED) is 0.688. The molecule has 1 N–H and O–H groups in total. The van der Waals surface area contributed by atoms with E-state index in [0.29, 0.717) is 32.1 Å². The lowest BCUT2D eigenvalue weighted by Gasteiger charge is -2.03. The molecule has 1 aromatic carbocycles. The van der Waals surface area contributed by atoms with E-state index in [1.807, 2.05) is 6.07 Å². The number of rotatable bonds is 3. The van der Waals surface area contributed by atoms with Crippen molar-refractivity contribution >= 4 is 45.6 Å². The normalized spacial score (nSPS) is 10.3. The van der Waals surface area contributed by atoms with Gasteiger partial charge in [-0.05, 0) is 37.3 Å². The average Bonchev–Trinajstić information content (AvgIpc) is 3.02. The van der Waals surface area contributed by atoms with Crippen molar-refractivity contribution in [1.29, 1.82) is 5.26 Å². The first-order valence-corrected chi connectivity index (χ1v) is 8.71. The number of benzene rings is 1. The largest absolute Gasteiger partial charge is 0.296 e. The number of hydrogen-bond acceptors (Lipinski definition) is 5. The molecular weight excluding hydrogens is 379 g/mol. The van der Waals surface area contributed by atoms with Gasteiger partial charge in [-0.1, -0.05) is 23.2 Å². The minimum Gasteiger partial charge on any atom is -0.296 e. The van der Waals surface area contributed by atoms with E-state index in [0.717, 1.165) is 5.56 Å². The van der Waals surface area contributed by atoms with Gasteiger partial charge >= 0.3 is 0 Å². The summed E-state index contributed by atoms with van der Waals surface area (Å²) in [6, 6.07) is 10.2. The maximum absolute atomic E-state index is 12.3. The van der Waals surface area contributed by atoms with Crippen LogP contribution in [0.4, 0.5) is 5.13 Å². The molecule has 8 heteroatoms. The van der Waals surface area contributed by atoms with Crippen molar-refractivity contribution in [2.24, 2.45) is 0 Å². The van der Waals surface area contributed by atoms with E-state index >= 15 is 0 Å². The Kier molecular flexibility index (Phi) is 5.00. The molecule has 124 valence electrons. The Bertz CT molecular complexity index is 1010. The van der Waals surface area contributed by atoms with Crippen molar-refractivity contribution in [3.05, 3.63) is 62.7 Å². The first-order chi connectivity index (χ1) is 12.0. The van der Waals surface area contributed by atoms with Crippen molar-refractivity contribution in [3.8, 4) is 17.3 Å². The van der Waals surface area contributed by atoms with Gasteiger partial charge in [0.1, 0.15) is 11.8 Å². The van der Waals surface area contributed by atoms with Crippen LogP contribution in [-0.2, 0) is 0 Å². The van der Waals surface area contributed by atoms with E-state index in [4.69, 9.17) is 28.5 Å². The van der Waals surface area contributed by atoms with Crippen LogP contribution >= 0.6 is 34.5 Å². The van der Waals surface area contributed by atoms with Crippen molar-refractivity contribution in [3.63, 3.8) is 0 Å². The highest BCUT2D eigenvalue weighted by molar-refractivity contribution is 7.14. The Morgan fingerprint density at radius 2 is 2.04 bits per heavy atom. The third kappa shape index (κ3) is 3.80. The fraction of sp³-hybridized carbons (Fsp3) is 0.0588. The minimum absolute atomic E-state index is 0.220. The zero-order chi connectivity index (χ0) is 18.0. The maximum Gasteiger partial charge on any atom is 0.276 e. The fourth-order valence-corrected chi connectivity index (χ4v) is 3.33. The lowest BCUT2D eigenvalue weighted by atomic mass is 10.2. The molecule has 0 saturated carbocycles. The van der Waals surface area contributed by atoms with Gasteiger partial charge in [-0.2, -0.15) is 5.26 Å². The molecule has 0 spiro atoms. The predicted octanol–water partition coefficient (Wildman–Crippen LogP) is 4.94. The molecule has 0 saturated heterocycles. The predicted molar refractivity (Wildman–Crippen MR) is 99.2 cm³/mol. The highest BCUT2D eigenvalue weighted by Gasteiger charge is 2.14. The summed E-state index contributed by atoms with van der Waals surface area (Å²) in [5.41, 5.74) is 2.53. The number of nitriles is 1. The number of nitrogens with zero attached hydrogens (tertiary/aromatic N) is 3. The van der Waals surface area contributed by atoms with Gasteiger partial charge in [0.25, 0.3) is 5.91 Å². The maximum atomic E-state index is 12.3. The van der Waals surface area contributed by atoms with E-state index in [1.54, 1.807) is 36.6 Å². The summed E-state index contributed by atoms with van der Waals surface area (Å²) in [5.74, 6) is -0.393. The zero-order valence-electron chi connectivity index (χ0n) is 12.9. The lowest BCUT2D eigenvalue weighted by Crippen LogP contribution is -2.14. The number of pyridine rings is 1. The van der Waals surface area contributed by atoms with E-state index < -0.39 is 5.91 Å². The Morgan fingerprint density at radius 1 is 1.24 bits per heavy atom. The highest BCUT2D eigenvalue weighted by atomic mass is 35.5. The molecule has 0 radical (unpaired) electrons. The molecule has 25 heavy (non-hydrogen) atoms. The van der Waals surface area contributed by atoms with Gasteiger partial charge in [-0.3, -0.25) is 10.1 Å². The first kappa shape index (κ1) is 17.4. The molecule has 5 nitrogen and oxygen atoms in total. The first-order valence-electron chi connectivity index (χ1n) is 7.08. The Balaban J connectivity index is 1.80. The molecular formula is C17H10Cl2N4OS. The molecule has 0 aliphatic carbocycles. The van der Waals surface area contributed by atoms with Crippen LogP contribution < -0.4 is 5.32 Å². The van der Waals surface area contributed by atoms with Crippen LogP contribution in [-0.4, -0.2) is 15.9 Å². The van der Waals surface area contributed by atoms with Crippen LogP contribution in [0.5, 0.6) is 0 Å². The van der Waals surface area contributed by atoms with Gasteiger partial charge in [0.05, 0.1) is 22.0 Å². The molecule has 3 rings (SSSR count). The molecule has 0 aliphatic rings. The monoisotopic (exact) mass is 388 g/mol. The molecule has 0 atom stereocenters. The summed E-state index contributed by atoms with van der Waals surface area (Å²) in [6.45, 7) is 1.68. The molecule has 2 aromatic heterocycles. The molecule has 0 bridgehead atoms. The van der Waals surface area contributed by atoms with Crippen LogP contribution in [0.15, 0.2) is 35.7 Å². The molecule has 0 aliphatic heterocycles. The Morgan fingerprint density at radius 3 is 2.72 bits per heavy atom. The summed E-state index contributed by atoms with van der Waals surface area (Å²) in [4.78, 5) is 20.8. The smallest absolute Gasteiger partial charge is 0.276 e. The average molecular weight is 389 g/mol. The second-order valence-electron chi connectivity index (χ2n) is 5.06. The van der Waals surface area contributed by atoms with Gasteiger partial charge < -0.3 is 0 Å². The van der Waals surface area contributed by atoms with Crippen LogP contribution in [0.2, 0.25) is 10.0 Å². The number of carbonyl (C=O) groups is 1. The van der Waals surface area contributed by atoms with Crippen LogP contribution in [0.3, 0.4) is 0 Å². The van der Waals surface area contributed by atoms with E-state index in [-0.39, 0.29) is 5.69 Å². The number of thiazole rings is 1. The summed E-state index contributed by atoms with van der Waals surface area (Å²) in [5, 5.41) is 14.9. The third-order valence-corrected chi connectivity index (χ3v) is 4.68. The number of aryl methyl sites for hydroxylation is 1. The number of halogens is 2. The summed E-state index contributed by atoms with van der Waals surface area (Å²) >= 11 is 13.3. The molecule has 2 heterocycles. The molecule has 0 unspecified atom stereocenters. The number of anilines is 1. The number of nitrogens with one attached hydrogen (secondary N) is 1. The van der Waals surface area contributed by atoms with E-state index in [9.17, 15) is 4.79 Å². The number of amides is 1. The second-order valence-corrected chi connectivity index (χ2v) is 6.76. The number of hydrogen-bond donors (Lipinski definition) is 1. The summed E-state index contributed by atoms with van der Waals surface area (Å²) in [6.07, 6.45) is 0. The Labute approximate surface area is 157 Å². The van der Waals surface area contributed by atoms with Crippen molar-refractivity contribution in [1.82, 2.24) is 9.97 Å². The van der Waals surface area contributed by atoms with Gasteiger partial charge in [0, 0.05) is 16.0 Å². The van der Waals surface area contributed by atoms with Gasteiger partial charge in [0.15, 0.2) is 5.13 Å². The van der Waals surface area contributed by atoms with Crippen LogP contribution in [0.25, 0.3) is 11.3 Å². The standard InChI is InChI=1S/C17H10Cl2N4OS/c1-9-10(7-20)2-5-14(21-9)16(24)23-17-22-15(8-25-17)12-4-3-11(18)6-13(12)19/h2-6,8H,1H3,(H,22,23,24).